The summed E-state index contributed by atoms with van der Waals surface area (Å²) in [6.07, 6.45) is 10.5. The van der Waals surface area contributed by atoms with E-state index in [1.54, 1.807) is 32.6 Å². The lowest BCUT2D eigenvalue weighted by Gasteiger charge is -2.30. The summed E-state index contributed by atoms with van der Waals surface area (Å²) in [6.45, 7) is 8.20. The van der Waals surface area contributed by atoms with E-state index in [1.165, 1.54) is 0 Å². The zero-order valence-corrected chi connectivity index (χ0v) is 24.7. The van der Waals surface area contributed by atoms with Gasteiger partial charge in [-0.05, 0) is 36.8 Å². The highest BCUT2D eigenvalue weighted by Crippen LogP contribution is 2.34. The van der Waals surface area contributed by atoms with Gasteiger partial charge in [0, 0.05) is 81.0 Å². The van der Waals surface area contributed by atoms with Gasteiger partial charge in [-0.25, -0.2) is 19.9 Å². The van der Waals surface area contributed by atoms with Crippen LogP contribution in [0.4, 0.5) is 5.82 Å². The monoisotopic (exact) mass is 566 g/mol. The van der Waals surface area contributed by atoms with Crippen molar-refractivity contribution >= 4 is 28.5 Å². The normalized spacial score (nSPS) is 15.3. The van der Waals surface area contributed by atoms with E-state index in [-0.39, 0.29) is 17.2 Å². The van der Waals surface area contributed by atoms with Gasteiger partial charge < -0.3 is 15.5 Å². The number of benzene rings is 1. The molecular formula is C32H38N8O2. The molecule has 0 unspecified atom stereocenters. The van der Waals surface area contributed by atoms with Crippen LogP contribution in [0.2, 0.25) is 0 Å². The Bertz CT molecular complexity index is 1570. The number of carbonyl (C=O) groups is 2. The van der Waals surface area contributed by atoms with E-state index < -0.39 is 0 Å². The van der Waals surface area contributed by atoms with Gasteiger partial charge in [-0.1, -0.05) is 32.0 Å². The van der Waals surface area contributed by atoms with Gasteiger partial charge in [0.2, 0.25) is 5.91 Å². The second-order valence-corrected chi connectivity index (χ2v) is 11.2. The van der Waals surface area contributed by atoms with Gasteiger partial charge in [-0.15, -0.1) is 0 Å². The first-order chi connectivity index (χ1) is 20.3. The summed E-state index contributed by atoms with van der Waals surface area (Å²) in [5.74, 6) is 2.03. The average molecular weight is 567 g/mol. The van der Waals surface area contributed by atoms with Crippen molar-refractivity contribution in [1.82, 2.24) is 35.1 Å². The third-order valence-corrected chi connectivity index (χ3v) is 8.53. The van der Waals surface area contributed by atoms with E-state index in [0.29, 0.717) is 23.8 Å². The number of likely N-dealkylation sites (tertiary alicyclic amines) is 1. The van der Waals surface area contributed by atoms with Crippen molar-refractivity contribution in [1.29, 1.82) is 0 Å². The quantitative estimate of drug-likeness (QED) is 0.305. The molecule has 0 spiro atoms. The van der Waals surface area contributed by atoms with Crippen molar-refractivity contribution in [3.8, 4) is 11.3 Å². The predicted octanol–water partition coefficient (Wildman–Crippen LogP) is 4.42. The summed E-state index contributed by atoms with van der Waals surface area (Å²) in [4.78, 5) is 48.8. The summed E-state index contributed by atoms with van der Waals surface area (Å²) in [5.41, 5.74) is 3.82. The highest BCUT2D eigenvalue weighted by molar-refractivity contribution is 6.06. The maximum absolute atomic E-state index is 12.5. The molecule has 2 amide bonds. The molecular weight excluding hydrogens is 528 g/mol. The fourth-order valence-electron chi connectivity index (χ4n) is 5.61. The smallest absolute Gasteiger partial charge is 0.251 e. The Morgan fingerprint density at radius 3 is 2.50 bits per heavy atom. The Morgan fingerprint density at radius 2 is 1.81 bits per heavy atom. The predicted molar refractivity (Wildman–Crippen MR) is 163 cm³/mol. The minimum Gasteiger partial charge on any atom is -0.369 e. The lowest BCUT2D eigenvalue weighted by Crippen LogP contribution is -2.37. The average Bonchev–Trinajstić information content (AvgIpc) is 3.03. The maximum atomic E-state index is 12.5. The number of nitrogens with one attached hydrogen (secondary N) is 2. The van der Waals surface area contributed by atoms with E-state index in [4.69, 9.17) is 0 Å². The maximum Gasteiger partial charge on any atom is 0.251 e. The molecule has 42 heavy (non-hydrogen) atoms. The minimum atomic E-state index is -0.274. The molecule has 10 heteroatoms. The molecule has 1 aliphatic heterocycles. The van der Waals surface area contributed by atoms with Crippen molar-refractivity contribution < 1.29 is 9.59 Å². The molecule has 10 nitrogen and oxygen atoms in total. The summed E-state index contributed by atoms with van der Waals surface area (Å²) in [6, 6.07) is 9.69. The number of pyridine rings is 1. The number of fused-ring (bicyclic) bond motifs is 1. The second kappa shape index (κ2) is 12.6. The zero-order valence-electron chi connectivity index (χ0n) is 24.7. The van der Waals surface area contributed by atoms with Crippen molar-refractivity contribution in [2.24, 2.45) is 5.92 Å². The summed E-state index contributed by atoms with van der Waals surface area (Å²) >= 11 is 0. The van der Waals surface area contributed by atoms with Crippen LogP contribution in [0.1, 0.15) is 61.8 Å². The van der Waals surface area contributed by atoms with Gasteiger partial charge in [-0.3, -0.25) is 14.6 Å². The lowest BCUT2D eigenvalue weighted by molar-refractivity contribution is -0.130. The molecule has 0 radical (unpaired) electrons. The molecule has 1 saturated heterocycles. The SMILES string of the molecule is CC[C@@](C)(CNc1cc(-c2cnc(CC3CCN(C(C)=O)CC3)nc2)ncn1)c1cccc2c(C(=O)NC)ccnc12. The standard InChI is InChI=1S/C32H38N8O2/c1-5-32(3,26-8-6-7-24-25(31(42)33-4)9-12-34-30(24)26)19-37-29-16-27(38-20-39-29)23-17-35-28(36-18-23)15-22-10-13-40(14-11-22)21(2)41/h6-9,12,16-18,20,22H,5,10-11,13-15,19H2,1-4H3,(H,33,42)(H,37,38,39)/t32-/m0/s1. The van der Waals surface area contributed by atoms with E-state index in [2.05, 4.69) is 55.5 Å². The molecule has 1 aliphatic rings. The molecule has 5 rings (SSSR count). The fraction of sp³-hybridized carbons (Fsp3) is 0.406. The first-order valence-electron chi connectivity index (χ1n) is 14.5. The Hall–Kier alpha value is -4.47. The van der Waals surface area contributed by atoms with Crippen molar-refractivity contribution in [3.63, 3.8) is 0 Å². The molecule has 3 aromatic heterocycles. The molecule has 0 bridgehead atoms. The molecule has 0 saturated carbocycles. The van der Waals surface area contributed by atoms with Crippen molar-refractivity contribution in [3.05, 3.63) is 72.2 Å². The fourth-order valence-corrected chi connectivity index (χ4v) is 5.61. The number of carbonyl (C=O) groups excluding carboxylic acids is 2. The number of piperidine rings is 1. The number of nitrogens with zero attached hydrogens (tertiary/aromatic N) is 6. The van der Waals surface area contributed by atoms with E-state index in [9.17, 15) is 9.59 Å². The van der Waals surface area contributed by atoms with Gasteiger partial charge in [0.15, 0.2) is 0 Å². The number of hydrogen-bond donors (Lipinski definition) is 2. The number of rotatable bonds is 9. The van der Waals surface area contributed by atoms with E-state index >= 15 is 0 Å². The number of para-hydroxylation sites is 1. The molecule has 1 atom stereocenters. The molecule has 218 valence electrons. The molecule has 1 aromatic carbocycles. The number of anilines is 1. The van der Waals surface area contributed by atoms with Crippen LogP contribution in [0.3, 0.4) is 0 Å². The summed E-state index contributed by atoms with van der Waals surface area (Å²) < 4.78 is 0. The third kappa shape index (κ3) is 6.22. The van der Waals surface area contributed by atoms with Gasteiger partial charge >= 0.3 is 0 Å². The van der Waals surface area contributed by atoms with Gasteiger partial charge in [0.05, 0.1) is 16.8 Å². The van der Waals surface area contributed by atoms with Crippen molar-refractivity contribution in [2.75, 3.05) is 32.0 Å². The largest absolute Gasteiger partial charge is 0.369 e. The topological polar surface area (TPSA) is 126 Å². The van der Waals surface area contributed by atoms with Crippen LogP contribution >= 0.6 is 0 Å². The van der Waals surface area contributed by atoms with E-state index in [0.717, 1.165) is 72.3 Å². The van der Waals surface area contributed by atoms with Gasteiger partial charge in [-0.2, -0.15) is 0 Å². The van der Waals surface area contributed by atoms with Crippen LogP contribution < -0.4 is 10.6 Å². The third-order valence-electron chi connectivity index (χ3n) is 8.53. The van der Waals surface area contributed by atoms with Gasteiger partial charge in [0.25, 0.3) is 5.91 Å². The van der Waals surface area contributed by atoms with Crippen molar-refractivity contribution in [2.45, 2.75) is 51.9 Å². The Labute approximate surface area is 246 Å². The zero-order chi connectivity index (χ0) is 29.7. The summed E-state index contributed by atoms with van der Waals surface area (Å²) in [5, 5.41) is 7.07. The molecule has 4 aromatic rings. The van der Waals surface area contributed by atoms with Crippen LogP contribution in [0.5, 0.6) is 0 Å². The summed E-state index contributed by atoms with van der Waals surface area (Å²) in [7, 11) is 1.64. The van der Waals surface area contributed by atoms with Crippen LogP contribution in [-0.2, 0) is 16.6 Å². The Kier molecular flexibility index (Phi) is 8.70. The molecule has 0 aliphatic carbocycles. The lowest BCUT2D eigenvalue weighted by atomic mass is 9.78. The first kappa shape index (κ1) is 29.0. The Balaban J connectivity index is 1.28. The highest BCUT2D eigenvalue weighted by Gasteiger charge is 2.28. The van der Waals surface area contributed by atoms with E-state index in [1.807, 2.05) is 35.5 Å². The molecule has 1 fully saturated rings. The number of aromatic nitrogens is 5. The minimum absolute atomic E-state index is 0.128. The number of amides is 2. The van der Waals surface area contributed by atoms with Crippen LogP contribution in [-0.4, -0.2) is 68.3 Å². The van der Waals surface area contributed by atoms with Crippen LogP contribution in [0.25, 0.3) is 22.2 Å². The number of hydrogen-bond acceptors (Lipinski definition) is 8. The first-order valence-corrected chi connectivity index (χ1v) is 14.5. The van der Waals surface area contributed by atoms with Crippen LogP contribution in [0.15, 0.2) is 55.2 Å². The second-order valence-electron chi connectivity index (χ2n) is 11.2. The van der Waals surface area contributed by atoms with Gasteiger partial charge in [0.1, 0.15) is 18.0 Å². The van der Waals surface area contributed by atoms with Crippen LogP contribution in [0, 0.1) is 5.92 Å². The highest BCUT2D eigenvalue weighted by atomic mass is 16.2. The molecule has 2 N–H and O–H groups in total. The molecule has 4 heterocycles. The Morgan fingerprint density at radius 1 is 1.05 bits per heavy atom.